The molecule has 2 aromatic heterocycles. The molecule has 2 aromatic rings. The summed E-state index contributed by atoms with van der Waals surface area (Å²) in [7, 11) is 0. The minimum Gasteiger partial charge on any atom is -0.465 e. The second-order valence-electron chi connectivity index (χ2n) is 5.59. The van der Waals surface area contributed by atoms with E-state index in [1.165, 1.54) is 0 Å². The number of carbonyl (C=O) groups excluding carboxylic acids is 1. The third-order valence-electron chi connectivity index (χ3n) is 3.86. The molecule has 0 bridgehead atoms. The fourth-order valence-electron chi connectivity index (χ4n) is 2.63. The molecule has 1 aliphatic rings. The summed E-state index contributed by atoms with van der Waals surface area (Å²) in [5.74, 6) is 1.93. The lowest BCUT2D eigenvalue weighted by atomic mass is 10.1. The molecule has 1 N–H and O–H groups in total. The van der Waals surface area contributed by atoms with Crippen LogP contribution < -0.4 is 10.1 Å². The van der Waals surface area contributed by atoms with Crippen LogP contribution in [0.3, 0.4) is 0 Å². The maximum atomic E-state index is 12.4. The van der Waals surface area contributed by atoms with E-state index in [2.05, 4.69) is 20.4 Å². The van der Waals surface area contributed by atoms with Crippen LogP contribution in [0.15, 0.2) is 24.4 Å². The number of amides is 1. The number of hydrogen-bond donors (Lipinski definition) is 1. The third kappa shape index (κ3) is 3.49. The average molecular weight is 315 g/mol. The van der Waals surface area contributed by atoms with E-state index in [-0.39, 0.29) is 11.9 Å². The lowest BCUT2D eigenvalue weighted by molar-refractivity contribution is -0.128. The lowest BCUT2D eigenvalue weighted by Crippen LogP contribution is -2.40. The second-order valence-corrected chi connectivity index (χ2v) is 5.59. The first-order chi connectivity index (χ1) is 11.2. The molecule has 23 heavy (non-hydrogen) atoms. The molecule has 3 heterocycles. The highest BCUT2D eigenvalue weighted by Gasteiger charge is 2.27. The van der Waals surface area contributed by atoms with Crippen LogP contribution in [0, 0.1) is 0 Å². The van der Waals surface area contributed by atoms with Crippen LogP contribution in [-0.4, -0.2) is 31.8 Å². The molecule has 0 radical (unpaired) electrons. The minimum atomic E-state index is -0.617. The van der Waals surface area contributed by atoms with E-state index in [9.17, 15) is 4.79 Å². The van der Waals surface area contributed by atoms with E-state index in [4.69, 9.17) is 4.74 Å². The Morgan fingerprint density at radius 2 is 2.39 bits per heavy atom. The second kappa shape index (κ2) is 6.76. The van der Waals surface area contributed by atoms with Gasteiger partial charge in [0.15, 0.2) is 11.9 Å². The molecule has 0 saturated carbocycles. The molecule has 2 atom stereocenters. The molecule has 3 rings (SSSR count). The molecule has 0 aliphatic carbocycles. The Balaban J connectivity index is 1.65. The van der Waals surface area contributed by atoms with Gasteiger partial charge in [0.25, 0.3) is 5.91 Å². The van der Waals surface area contributed by atoms with Crippen molar-refractivity contribution in [2.24, 2.45) is 0 Å². The molecule has 0 fully saturated rings. The molecule has 7 heteroatoms. The highest BCUT2D eigenvalue weighted by atomic mass is 16.5. The predicted molar refractivity (Wildman–Crippen MR) is 83.8 cm³/mol. The number of carbonyl (C=O) groups is 1. The predicted octanol–water partition coefficient (Wildman–Crippen LogP) is 1.65. The normalized spacial score (nSPS) is 18.1. The molecule has 0 saturated heterocycles. The van der Waals surface area contributed by atoms with Gasteiger partial charge in [-0.3, -0.25) is 4.79 Å². The van der Waals surface area contributed by atoms with Gasteiger partial charge in [-0.25, -0.2) is 14.6 Å². The van der Waals surface area contributed by atoms with Gasteiger partial charge in [0.2, 0.25) is 5.88 Å². The van der Waals surface area contributed by atoms with Crippen molar-refractivity contribution in [1.82, 2.24) is 25.1 Å². The summed E-state index contributed by atoms with van der Waals surface area (Å²) in [6.07, 6.45) is 3.65. The Morgan fingerprint density at radius 3 is 3.13 bits per heavy atom. The van der Waals surface area contributed by atoms with E-state index >= 15 is 0 Å². The number of nitrogens with zero attached hydrogens (tertiary/aromatic N) is 4. The SMILES string of the molecule is CCc1nc2n(n1)CCCC2NC(=O)C(C)Oc1ccccn1. The van der Waals surface area contributed by atoms with Gasteiger partial charge < -0.3 is 10.1 Å². The van der Waals surface area contributed by atoms with Gasteiger partial charge in [0.1, 0.15) is 5.82 Å². The van der Waals surface area contributed by atoms with Crippen molar-refractivity contribution in [3.8, 4) is 5.88 Å². The Kier molecular flexibility index (Phi) is 4.55. The van der Waals surface area contributed by atoms with Crippen LogP contribution in [0.5, 0.6) is 5.88 Å². The number of aryl methyl sites for hydroxylation is 2. The first kappa shape index (κ1) is 15.5. The summed E-state index contributed by atoms with van der Waals surface area (Å²) in [6.45, 7) is 4.60. The summed E-state index contributed by atoms with van der Waals surface area (Å²) >= 11 is 0. The topological polar surface area (TPSA) is 81.9 Å². The van der Waals surface area contributed by atoms with Crippen molar-refractivity contribution in [2.45, 2.75) is 51.8 Å². The van der Waals surface area contributed by atoms with Crippen molar-refractivity contribution in [2.75, 3.05) is 0 Å². The maximum Gasteiger partial charge on any atom is 0.261 e. The fourth-order valence-corrected chi connectivity index (χ4v) is 2.63. The Morgan fingerprint density at radius 1 is 1.52 bits per heavy atom. The zero-order valence-corrected chi connectivity index (χ0v) is 13.4. The highest BCUT2D eigenvalue weighted by Crippen LogP contribution is 2.23. The highest BCUT2D eigenvalue weighted by molar-refractivity contribution is 5.81. The number of ether oxygens (including phenoxy) is 1. The number of nitrogens with one attached hydrogen (secondary N) is 1. The molecular formula is C16H21N5O2. The molecular weight excluding hydrogens is 294 g/mol. The average Bonchev–Trinajstić information content (AvgIpc) is 3.00. The zero-order chi connectivity index (χ0) is 16.2. The number of pyridine rings is 1. The number of fused-ring (bicyclic) bond motifs is 1. The standard InChI is InChI=1S/C16H21N5O2/c1-3-13-19-15-12(7-6-10-21(15)20-13)18-16(22)11(2)23-14-8-4-5-9-17-14/h4-5,8-9,11-12H,3,6-7,10H2,1-2H3,(H,18,22). The van der Waals surface area contributed by atoms with Gasteiger partial charge in [0.05, 0.1) is 6.04 Å². The zero-order valence-electron chi connectivity index (χ0n) is 13.4. The Bertz CT molecular complexity index is 670. The van der Waals surface area contributed by atoms with Crippen molar-refractivity contribution in [3.05, 3.63) is 36.0 Å². The van der Waals surface area contributed by atoms with Crippen LogP contribution in [0.2, 0.25) is 0 Å². The summed E-state index contributed by atoms with van der Waals surface area (Å²) in [6, 6.07) is 5.24. The first-order valence-corrected chi connectivity index (χ1v) is 7.99. The van der Waals surface area contributed by atoms with Gasteiger partial charge >= 0.3 is 0 Å². The number of hydrogen-bond acceptors (Lipinski definition) is 5. The van der Waals surface area contributed by atoms with Gasteiger partial charge in [-0.15, -0.1) is 0 Å². The van der Waals surface area contributed by atoms with Gasteiger partial charge in [0, 0.05) is 25.2 Å². The van der Waals surface area contributed by atoms with Crippen molar-refractivity contribution >= 4 is 5.91 Å². The summed E-state index contributed by atoms with van der Waals surface area (Å²) in [4.78, 5) is 21.0. The van der Waals surface area contributed by atoms with Crippen molar-refractivity contribution in [1.29, 1.82) is 0 Å². The molecule has 2 unspecified atom stereocenters. The third-order valence-corrected chi connectivity index (χ3v) is 3.86. The van der Waals surface area contributed by atoms with Crippen LogP contribution in [0.25, 0.3) is 0 Å². The Labute approximate surface area is 135 Å². The Hall–Kier alpha value is -2.44. The number of rotatable bonds is 5. The molecule has 1 aliphatic heterocycles. The summed E-state index contributed by atoms with van der Waals surface area (Å²) in [5, 5.41) is 7.47. The lowest BCUT2D eigenvalue weighted by Gasteiger charge is -2.24. The summed E-state index contributed by atoms with van der Waals surface area (Å²) in [5.41, 5.74) is 0. The van der Waals surface area contributed by atoms with Gasteiger partial charge in [-0.1, -0.05) is 13.0 Å². The van der Waals surface area contributed by atoms with E-state index < -0.39 is 6.10 Å². The minimum absolute atomic E-state index is 0.112. The van der Waals surface area contributed by atoms with E-state index in [0.717, 1.165) is 37.5 Å². The van der Waals surface area contributed by atoms with Crippen molar-refractivity contribution < 1.29 is 9.53 Å². The van der Waals surface area contributed by atoms with Crippen LogP contribution >= 0.6 is 0 Å². The van der Waals surface area contributed by atoms with E-state index in [0.29, 0.717) is 5.88 Å². The molecule has 1 amide bonds. The van der Waals surface area contributed by atoms with Crippen LogP contribution in [0.1, 0.15) is 44.4 Å². The monoisotopic (exact) mass is 315 g/mol. The first-order valence-electron chi connectivity index (χ1n) is 7.99. The van der Waals surface area contributed by atoms with E-state index in [1.54, 1.807) is 25.3 Å². The quantitative estimate of drug-likeness (QED) is 0.907. The smallest absolute Gasteiger partial charge is 0.261 e. The van der Waals surface area contributed by atoms with Crippen molar-refractivity contribution in [3.63, 3.8) is 0 Å². The van der Waals surface area contributed by atoms with E-state index in [1.807, 2.05) is 17.7 Å². The number of aromatic nitrogens is 4. The van der Waals surface area contributed by atoms with Gasteiger partial charge in [-0.05, 0) is 25.8 Å². The molecule has 7 nitrogen and oxygen atoms in total. The van der Waals surface area contributed by atoms with Crippen LogP contribution in [0.4, 0.5) is 0 Å². The molecule has 0 spiro atoms. The molecule has 0 aromatic carbocycles. The fraction of sp³-hybridized carbons (Fsp3) is 0.500. The molecule has 122 valence electrons. The summed E-state index contributed by atoms with van der Waals surface area (Å²) < 4.78 is 7.47. The maximum absolute atomic E-state index is 12.4. The van der Waals surface area contributed by atoms with Crippen LogP contribution in [-0.2, 0) is 17.8 Å². The largest absolute Gasteiger partial charge is 0.465 e. The van der Waals surface area contributed by atoms with Gasteiger partial charge in [-0.2, -0.15) is 5.10 Å².